The van der Waals surface area contributed by atoms with Crippen LogP contribution in [0, 0.1) is 0 Å². The molecule has 3 N–H and O–H groups in total. The highest BCUT2D eigenvalue weighted by Gasteiger charge is 2.14. The Hall–Kier alpha value is -1.65. The number of sulfonamides is 1. The average Bonchev–Trinajstić information content (AvgIpc) is 2.80. The summed E-state index contributed by atoms with van der Waals surface area (Å²) in [6.07, 6.45) is 0. The molecule has 0 aliphatic rings. The summed E-state index contributed by atoms with van der Waals surface area (Å²) in [5.74, 6) is -0.205. The van der Waals surface area contributed by atoms with E-state index in [1.54, 1.807) is 24.3 Å². The van der Waals surface area contributed by atoms with Crippen molar-refractivity contribution in [2.24, 2.45) is 5.73 Å². The minimum Gasteiger partial charge on any atom is -0.389 e. The van der Waals surface area contributed by atoms with E-state index in [9.17, 15) is 8.42 Å². The Morgan fingerprint density at radius 2 is 2.26 bits per heavy atom. The summed E-state index contributed by atoms with van der Waals surface area (Å²) in [5, 5.41) is 6.95. The second-order valence-electron chi connectivity index (χ2n) is 3.59. The van der Waals surface area contributed by atoms with E-state index in [0.29, 0.717) is 11.1 Å². The highest BCUT2D eigenvalue weighted by molar-refractivity contribution is 7.92. The summed E-state index contributed by atoms with van der Waals surface area (Å²) < 4.78 is 29.5. The summed E-state index contributed by atoms with van der Waals surface area (Å²) in [7, 11) is -3.57. The Labute approximate surface area is 119 Å². The van der Waals surface area contributed by atoms with E-state index in [4.69, 9.17) is 18.0 Å². The molecule has 2 rings (SSSR count). The van der Waals surface area contributed by atoms with E-state index in [0.717, 1.165) is 11.5 Å². The van der Waals surface area contributed by atoms with E-state index < -0.39 is 10.0 Å². The maximum atomic E-state index is 11.9. The van der Waals surface area contributed by atoms with Crippen molar-refractivity contribution in [1.29, 1.82) is 0 Å². The summed E-state index contributed by atoms with van der Waals surface area (Å²) in [6, 6.07) is 6.74. The van der Waals surface area contributed by atoms with E-state index >= 15 is 0 Å². The predicted molar refractivity (Wildman–Crippen MR) is 76.3 cm³/mol. The Morgan fingerprint density at radius 1 is 1.47 bits per heavy atom. The maximum absolute atomic E-state index is 11.9. The van der Waals surface area contributed by atoms with Crippen LogP contribution in [0.2, 0.25) is 0 Å². The summed E-state index contributed by atoms with van der Waals surface area (Å²) in [6.45, 7) is 0. The number of nitrogens with zero attached hydrogens (tertiary/aromatic N) is 3. The number of hydrogen-bond acceptors (Lipinski definition) is 7. The smallest absolute Gasteiger partial charge is 0.238 e. The standard InChI is InChI=1S/C9H9N5O2S3/c10-8(17)7-3-1-2-6(4-7)5-19(15,16)12-9-11-13-14-18-9/h1-4H,5H2,(H2,10,17)(H,11,12,14). The molecule has 0 atom stereocenters. The van der Waals surface area contributed by atoms with Gasteiger partial charge in [-0.3, -0.25) is 4.72 Å². The topological polar surface area (TPSA) is 111 Å². The second-order valence-corrected chi connectivity index (χ2v) is 6.49. The molecule has 0 amide bonds. The van der Waals surface area contributed by atoms with Gasteiger partial charge in [-0.2, -0.15) is 0 Å². The molecule has 19 heavy (non-hydrogen) atoms. The highest BCUT2D eigenvalue weighted by atomic mass is 32.2. The SMILES string of the molecule is NC(=S)c1cccc(CS(=O)(=O)Nc2nnns2)c1. The first-order chi connectivity index (χ1) is 8.96. The first kappa shape index (κ1) is 13.8. The fourth-order valence-corrected chi connectivity index (χ4v) is 3.25. The quantitative estimate of drug-likeness (QED) is 0.773. The van der Waals surface area contributed by atoms with Crippen LogP contribution in [0.1, 0.15) is 11.1 Å². The fourth-order valence-electron chi connectivity index (χ4n) is 1.38. The van der Waals surface area contributed by atoms with Gasteiger partial charge in [0.2, 0.25) is 15.2 Å². The zero-order valence-corrected chi connectivity index (χ0v) is 11.9. The van der Waals surface area contributed by atoms with Gasteiger partial charge in [-0.1, -0.05) is 40.0 Å². The van der Waals surface area contributed by atoms with Crippen LogP contribution in [0.5, 0.6) is 0 Å². The van der Waals surface area contributed by atoms with Crippen molar-refractivity contribution >= 4 is 43.9 Å². The van der Waals surface area contributed by atoms with E-state index in [1.807, 2.05) is 0 Å². The molecule has 0 radical (unpaired) electrons. The number of nitrogens with one attached hydrogen (secondary N) is 1. The Morgan fingerprint density at radius 3 is 2.89 bits per heavy atom. The number of thiocarbonyl (C=S) groups is 1. The number of benzene rings is 1. The molecular weight excluding hydrogens is 306 g/mol. The monoisotopic (exact) mass is 315 g/mol. The molecule has 0 spiro atoms. The zero-order valence-electron chi connectivity index (χ0n) is 9.48. The van der Waals surface area contributed by atoms with Crippen molar-refractivity contribution in [2.45, 2.75) is 5.75 Å². The molecule has 1 heterocycles. The van der Waals surface area contributed by atoms with Crippen LogP contribution in [0.4, 0.5) is 5.13 Å². The van der Waals surface area contributed by atoms with Crippen LogP contribution >= 0.6 is 23.8 Å². The second kappa shape index (κ2) is 5.55. The van der Waals surface area contributed by atoms with Crippen LogP contribution in [-0.4, -0.2) is 28.2 Å². The molecule has 0 aliphatic carbocycles. The molecule has 7 nitrogen and oxygen atoms in total. The van der Waals surface area contributed by atoms with Crippen LogP contribution in [0.15, 0.2) is 24.3 Å². The van der Waals surface area contributed by atoms with Crippen molar-refractivity contribution in [3.63, 3.8) is 0 Å². The Kier molecular flexibility index (Phi) is 4.02. The van der Waals surface area contributed by atoms with Gasteiger partial charge in [0.25, 0.3) is 0 Å². The first-order valence-electron chi connectivity index (χ1n) is 5.00. The highest BCUT2D eigenvalue weighted by Crippen LogP contribution is 2.13. The normalized spacial score (nSPS) is 11.2. The summed E-state index contributed by atoms with van der Waals surface area (Å²) in [5.41, 5.74) is 6.70. The minimum atomic E-state index is -3.57. The molecule has 2 aromatic rings. The van der Waals surface area contributed by atoms with Gasteiger partial charge < -0.3 is 5.73 Å². The van der Waals surface area contributed by atoms with Crippen LogP contribution in [0.25, 0.3) is 0 Å². The van der Waals surface area contributed by atoms with Crippen LogP contribution < -0.4 is 10.5 Å². The van der Waals surface area contributed by atoms with Gasteiger partial charge in [-0.25, -0.2) is 8.42 Å². The summed E-state index contributed by atoms with van der Waals surface area (Å²) in [4.78, 5) is 0.223. The molecule has 1 aromatic heterocycles. The molecular formula is C9H9N5O2S3. The van der Waals surface area contributed by atoms with Crippen LogP contribution in [-0.2, 0) is 15.8 Å². The van der Waals surface area contributed by atoms with Crippen molar-refractivity contribution in [3.8, 4) is 0 Å². The van der Waals surface area contributed by atoms with E-state index in [2.05, 4.69) is 19.5 Å². The number of anilines is 1. The number of rotatable bonds is 5. The van der Waals surface area contributed by atoms with Gasteiger partial charge in [0, 0.05) is 17.1 Å². The molecule has 0 fully saturated rings. The molecule has 0 unspecified atom stereocenters. The number of nitrogens with two attached hydrogens (primary N) is 1. The Balaban J connectivity index is 2.16. The van der Waals surface area contributed by atoms with Crippen molar-refractivity contribution in [3.05, 3.63) is 35.4 Å². The van der Waals surface area contributed by atoms with Gasteiger partial charge in [0.1, 0.15) is 4.99 Å². The third-order valence-electron chi connectivity index (χ3n) is 2.11. The average molecular weight is 315 g/mol. The van der Waals surface area contributed by atoms with Crippen molar-refractivity contribution in [2.75, 3.05) is 4.72 Å². The fraction of sp³-hybridized carbons (Fsp3) is 0.111. The molecule has 0 bridgehead atoms. The lowest BCUT2D eigenvalue weighted by Gasteiger charge is -2.06. The number of aromatic nitrogens is 3. The van der Waals surface area contributed by atoms with Gasteiger partial charge in [0.05, 0.1) is 5.75 Å². The van der Waals surface area contributed by atoms with Crippen LogP contribution in [0.3, 0.4) is 0 Å². The first-order valence-corrected chi connectivity index (χ1v) is 7.84. The molecule has 0 saturated carbocycles. The third kappa shape index (κ3) is 3.91. The van der Waals surface area contributed by atoms with E-state index in [-0.39, 0.29) is 15.9 Å². The van der Waals surface area contributed by atoms with E-state index in [1.165, 1.54) is 0 Å². The third-order valence-corrected chi connectivity index (χ3v) is 4.20. The molecule has 0 saturated heterocycles. The zero-order chi connectivity index (χ0) is 13.9. The van der Waals surface area contributed by atoms with Gasteiger partial charge in [0.15, 0.2) is 0 Å². The maximum Gasteiger partial charge on any atom is 0.238 e. The molecule has 100 valence electrons. The lowest BCUT2D eigenvalue weighted by atomic mass is 10.1. The summed E-state index contributed by atoms with van der Waals surface area (Å²) >= 11 is 5.71. The molecule has 0 aliphatic heterocycles. The van der Waals surface area contributed by atoms with Gasteiger partial charge in [-0.05, 0) is 16.8 Å². The van der Waals surface area contributed by atoms with Gasteiger partial charge >= 0.3 is 0 Å². The largest absolute Gasteiger partial charge is 0.389 e. The number of hydrogen-bond donors (Lipinski definition) is 2. The predicted octanol–water partition coefficient (Wildman–Crippen LogP) is 0.509. The molecule has 1 aromatic carbocycles. The lowest BCUT2D eigenvalue weighted by Crippen LogP contribution is -2.16. The minimum absolute atomic E-state index is 0.130. The van der Waals surface area contributed by atoms with Crippen molar-refractivity contribution < 1.29 is 8.42 Å². The Bertz CT molecular complexity index is 684. The van der Waals surface area contributed by atoms with Gasteiger partial charge in [-0.15, -0.1) is 0 Å². The lowest BCUT2D eigenvalue weighted by molar-refractivity contribution is 0.600. The molecule has 10 heteroatoms. The van der Waals surface area contributed by atoms with Crippen molar-refractivity contribution in [1.82, 2.24) is 14.8 Å².